The average molecular weight is 328 g/mol. The van der Waals surface area contributed by atoms with Gasteiger partial charge in [-0.3, -0.25) is 9.69 Å². The third kappa shape index (κ3) is 2.54. The van der Waals surface area contributed by atoms with Crippen LogP contribution in [0.4, 0.5) is 4.79 Å². The first-order valence-electron chi connectivity index (χ1n) is 7.55. The molecule has 1 aromatic carbocycles. The predicted molar refractivity (Wildman–Crippen MR) is 86.0 cm³/mol. The van der Waals surface area contributed by atoms with Crippen molar-refractivity contribution in [2.45, 2.75) is 25.1 Å². The zero-order chi connectivity index (χ0) is 15.8. The van der Waals surface area contributed by atoms with E-state index in [2.05, 4.69) is 5.32 Å². The Labute approximate surface area is 137 Å². The number of benzene rings is 1. The highest BCUT2D eigenvalue weighted by Crippen LogP contribution is 2.32. The van der Waals surface area contributed by atoms with Gasteiger partial charge in [-0.05, 0) is 22.6 Å². The van der Waals surface area contributed by atoms with Crippen molar-refractivity contribution in [3.63, 3.8) is 0 Å². The van der Waals surface area contributed by atoms with Gasteiger partial charge in [0.25, 0.3) is 5.91 Å². The molecule has 3 amide bonds. The molecule has 1 saturated heterocycles. The number of nitrogens with zero attached hydrogens (tertiary/aromatic N) is 1. The van der Waals surface area contributed by atoms with Crippen molar-refractivity contribution in [1.82, 2.24) is 10.2 Å². The van der Waals surface area contributed by atoms with Crippen LogP contribution in [0.3, 0.4) is 0 Å². The summed E-state index contributed by atoms with van der Waals surface area (Å²) in [7, 11) is 0. The lowest BCUT2D eigenvalue weighted by Gasteiger charge is -2.31. The monoisotopic (exact) mass is 328 g/mol. The van der Waals surface area contributed by atoms with Crippen LogP contribution >= 0.6 is 11.3 Å². The number of carbonyl (C=O) groups is 2. The summed E-state index contributed by atoms with van der Waals surface area (Å²) in [5.74, 6) is -0.172. The number of thiophene rings is 1. The molecule has 2 atom stereocenters. The fourth-order valence-corrected chi connectivity index (χ4v) is 3.94. The van der Waals surface area contributed by atoms with Crippen molar-refractivity contribution < 1.29 is 14.3 Å². The SMILES string of the molecule is O=C1NC(Cc2cccs2)C(=O)N1C1COCc2ccccc21. The number of imide groups is 1. The maximum Gasteiger partial charge on any atom is 0.325 e. The van der Waals surface area contributed by atoms with Crippen LogP contribution in [0.2, 0.25) is 0 Å². The van der Waals surface area contributed by atoms with E-state index in [1.165, 1.54) is 4.90 Å². The van der Waals surface area contributed by atoms with Gasteiger partial charge in [0.1, 0.15) is 6.04 Å². The number of carbonyl (C=O) groups excluding carboxylic acids is 2. The van der Waals surface area contributed by atoms with Crippen LogP contribution in [0.5, 0.6) is 0 Å². The fraction of sp³-hybridized carbons (Fsp3) is 0.294. The molecule has 1 aromatic heterocycles. The number of urea groups is 1. The molecule has 2 unspecified atom stereocenters. The first-order chi connectivity index (χ1) is 11.2. The third-order valence-corrected chi connectivity index (χ3v) is 5.20. The van der Waals surface area contributed by atoms with Crippen LogP contribution in [0.1, 0.15) is 22.0 Å². The largest absolute Gasteiger partial charge is 0.374 e. The molecule has 23 heavy (non-hydrogen) atoms. The molecule has 0 radical (unpaired) electrons. The van der Waals surface area contributed by atoms with E-state index in [1.54, 1.807) is 11.3 Å². The molecule has 2 aliphatic heterocycles. The van der Waals surface area contributed by atoms with Gasteiger partial charge in [-0.1, -0.05) is 30.3 Å². The predicted octanol–water partition coefficient (Wildman–Crippen LogP) is 2.48. The fourth-order valence-electron chi connectivity index (χ4n) is 3.19. The summed E-state index contributed by atoms with van der Waals surface area (Å²) in [5, 5.41) is 4.78. The standard InChI is InChI=1S/C17H16N2O3S/c20-16-14(8-12-5-3-7-23-12)18-17(21)19(16)15-10-22-9-11-4-1-2-6-13(11)15/h1-7,14-15H,8-10H2,(H,18,21). The second kappa shape index (κ2) is 5.79. The quantitative estimate of drug-likeness (QED) is 0.881. The van der Waals surface area contributed by atoms with E-state index < -0.39 is 6.04 Å². The van der Waals surface area contributed by atoms with E-state index in [0.717, 1.165) is 16.0 Å². The Hall–Kier alpha value is -2.18. The first kappa shape index (κ1) is 14.4. The summed E-state index contributed by atoms with van der Waals surface area (Å²) in [5.41, 5.74) is 2.03. The highest BCUT2D eigenvalue weighted by atomic mass is 32.1. The number of ether oxygens (including phenoxy) is 1. The van der Waals surface area contributed by atoms with Gasteiger partial charge in [-0.2, -0.15) is 0 Å². The minimum absolute atomic E-state index is 0.172. The molecule has 1 N–H and O–H groups in total. The maximum atomic E-state index is 12.7. The Morgan fingerprint density at radius 3 is 2.91 bits per heavy atom. The van der Waals surface area contributed by atoms with Gasteiger partial charge >= 0.3 is 6.03 Å². The van der Waals surface area contributed by atoms with Crippen molar-refractivity contribution in [1.29, 1.82) is 0 Å². The molecular formula is C17H16N2O3S. The third-order valence-electron chi connectivity index (χ3n) is 4.30. The molecular weight excluding hydrogens is 312 g/mol. The number of nitrogens with one attached hydrogen (secondary N) is 1. The Morgan fingerprint density at radius 1 is 1.22 bits per heavy atom. The lowest BCUT2D eigenvalue weighted by Crippen LogP contribution is -2.39. The molecule has 118 valence electrons. The Balaban J connectivity index is 1.60. The summed E-state index contributed by atoms with van der Waals surface area (Å²) in [6.45, 7) is 0.872. The number of fused-ring (bicyclic) bond motifs is 1. The first-order valence-corrected chi connectivity index (χ1v) is 8.43. The van der Waals surface area contributed by atoms with Gasteiger partial charge in [-0.25, -0.2) is 4.79 Å². The molecule has 2 aliphatic rings. The van der Waals surface area contributed by atoms with E-state index in [0.29, 0.717) is 19.6 Å². The van der Waals surface area contributed by atoms with Crippen LogP contribution in [0, 0.1) is 0 Å². The lowest BCUT2D eigenvalue weighted by molar-refractivity contribution is -0.130. The molecule has 5 nitrogen and oxygen atoms in total. The molecule has 0 bridgehead atoms. The van der Waals surface area contributed by atoms with Crippen LogP contribution in [-0.4, -0.2) is 29.5 Å². The minimum Gasteiger partial charge on any atom is -0.374 e. The Morgan fingerprint density at radius 2 is 2.09 bits per heavy atom. The maximum absolute atomic E-state index is 12.7. The molecule has 3 heterocycles. The summed E-state index contributed by atoms with van der Waals surface area (Å²) >= 11 is 1.59. The summed E-state index contributed by atoms with van der Waals surface area (Å²) in [6.07, 6.45) is 0.536. The van der Waals surface area contributed by atoms with E-state index in [9.17, 15) is 9.59 Å². The van der Waals surface area contributed by atoms with Gasteiger partial charge in [0.15, 0.2) is 0 Å². The van der Waals surface area contributed by atoms with Crippen LogP contribution in [0.15, 0.2) is 41.8 Å². The highest BCUT2D eigenvalue weighted by molar-refractivity contribution is 7.09. The van der Waals surface area contributed by atoms with Crippen molar-refractivity contribution in [3.8, 4) is 0 Å². The zero-order valence-electron chi connectivity index (χ0n) is 12.4. The molecule has 1 fully saturated rings. The van der Waals surface area contributed by atoms with Gasteiger partial charge in [-0.15, -0.1) is 11.3 Å². The van der Waals surface area contributed by atoms with Gasteiger partial charge in [0, 0.05) is 11.3 Å². The molecule has 2 aromatic rings. The lowest BCUT2D eigenvalue weighted by atomic mass is 9.98. The zero-order valence-corrected chi connectivity index (χ0v) is 13.2. The van der Waals surface area contributed by atoms with Crippen molar-refractivity contribution in [2.24, 2.45) is 0 Å². The van der Waals surface area contributed by atoms with Crippen LogP contribution in [0.25, 0.3) is 0 Å². The Kier molecular flexibility index (Phi) is 3.63. The summed E-state index contributed by atoms with van der Waals surface area (Å²) in [6, 6.07) is 10.6. The van der Waals surface area contributed by atoms with Crippen molar-refractivity contribution in [2.75, 3.05) is 6.61 Å². The number of hydrogen-bond acceptors (Lipinski definition) is 4. The summed E-state index contributed by atoms with van der Waals surface area (Å²) < 4.78 is 5.59. The van der Waals surface area contributed by atoms with E-state index >= 15 is 0 Å². The van der Waals surface area contributed by atoms with Crippen molar-refractivity contribution >= 4 is 23.3 Å². The van der Waals surface area contributed by atoms with E-state index in [-0.39, 0.29) is 18.0 Å². The average Bonchev–Trinajstić information content (AvgIpc) is 3.16. The smallest absolute Gasteiger partial charge is 0.325 e. The second-order valence-corrected chi connectivity index (χ2v) is 6.76. The normalized spacial score (nSPS) is 23.7. The van der Waals surface area contributed by atoms with Gasteiger partial charge < -0.3 is 10.1 Å². The van der Waals surface area contributed by atoms with Crippen molar-refractivity contribution in [3.05, 3.63) is 57.8 Å². The van der Waals surface area contributed by atoms with E-state index in [1.807, 2.05) is 41.8 Å². The van der Waals surface area contributed by atoms with Gasteiger partial charge in [0.05, 0.1) is 19.3 Å². The molecule has 4 rings (SSSR count). The topological polar surface area (TPSA) is 58.6 Å². The van der Waals surface area contributed by atoms with E-state index in [4.69, 9.17) is 4.74 Å². The second-order valence-electron chi connectivity index (χ2n) is 5.72. The molecule has 0 saturated carbocycles. The highest BCUT2D eigenvalue weighted by Gasteiger charge is 2.43. The molecule has 0 aliphatic carbocycles. The van der Waals surface area contributed by atoms with Gasteiger partial charge in [0.2, 0.25) is 0 Å². The molecule has 6 heteroatoms. The Bertz CT molecular complexity index is 744. The minimum atomic E-state index is -0.491. The number of amides is 3. The summed E-state index contributed by atoms with van der Waals surface area (Å²) in [4.78, 5) is 27.5. The number of hydrogen-bond donors (Lipinski definition) is 1. The van der Waals surface area contributed by atoms with Crippen LogP contribution < -0.4 is 5.32 Å². The number of rotatable bonds is 3. The molecule has 0 spiro atoms. The van der Waals surface area contributed by atoms with Crippen LogP contribution in [-0.2, 0) is 22.6 Å².